The molecule has 5 nitrogen and oxygen atoms in total. The molecule has 0 aliphatic rings. The van der Waals surface area contributed by atoms with Crippen LogP contribution in [0.4, 0.5) is 0 Å². The van der Waals surface area contributed by atoms with Crippen molar-refractivity contribution in [2.45, 2.75) is 0 Å². The second-order valence-electron chi connectivity index (χ2n) is 4.18. The van der Waals surface area contributed by atoms with Gasteiger partial charge in [0.2, 0.25) is 0 Å². The minimum atomic E-state index is -0.679. The van der Waals surface area contributed by atoms with E-state index in [1.165, 1.54) is 31.4 Å². The summed E-state index contributed by atoms with van der Waals surface area (Å²) in [4.78, 5) is 12.1. The van der Waals surface area contributed by atoms with Crippen LogP contribution in [0.5, 0.6) is 11.5 Å². The van der Waals surface area contributed by atoms with E-state index < -0.39 is 5.97 Å². The summed E-state index contributed by atoms with van der Waals surface area (Å²) in [5, 5.41) is 17.8. The fraction of sp³-hybridized carbons (Fsp3) is 0.0625. The highest BCUT2D eigenvalue weighted by atomic mass is 35.5. The molecule has 0 aliphatic heterocycles. The molecule has 0 spiro atoms. The molecule has 2 aromatic rings. The lowest BCUT2D eigenvalue weighted by Crippen LogP contribution is -2.10. The van der Waals surface area contributed by atoms with Crippen LogP contribution in [0.3, 0.4) is 0 Å². The number of nitrogens with zero attached hydrogens (tertiary/aromatic N) is 2. The Morgan fingerprint density at radius 1 is 1.14 bits per heavy atom. The van der Waals surface area contributed by atoms with Crippen LogP contribution in [0.15, 0.2) is 36.4 Å². The van der Waals surface area contributed by atoms with Crippen molar-refractivity contribution < 1.29 is 14.3 Å². The highest BCUT2D eigenvalue weighted by molar-refractivity contribution is 6.32. The number of carbonyl (C=O) groups is 1. The molecule has 22 heavy (non-hydrogen) atoms. The van der Waals surface area contributed by atoms with Gasteiger partial charge in [-0.25, -0.2) is 4.79 Å². The molecule has 0 atom stereocenters. The van der Waals surface area contributed by atoms with Crippen LogP contribution in [0.25, 0.3) is 0 Å². The first-order valence-electron chi connectivity index (χ1n) is 6.09. The monoisotopic (exact) mass is 312 g/mol. The van der Waals surface area contributed by atoms with Crippen LogP contribution in [0, 0.1) is 22.7 Å². The maximum atomic E-state index is 12.1. The summed E-state index contributed by atoms with van der Waals surface area (Å²) in [6.07, 6.45) is 0. The minimum Gasteiger partial charge on any atom is -0.493 e. The average molecular weight is 313 g/mol. The van der Waals surface area contributed by atoms with E-state index in [1.807, 2.05) is 12.1 Å². The zero-order valence-corrected chi connectivity index (χ0v) is 12.2. The highest BCUT2D eigenvalue weighted by Crippen LogP contribution is 2.36. The number of hydrogen-bond donors (Lipinski definition) is 0. The third-order valence-corrected chi connectivity index (χ3v) is 3.06. The molecule has 0 aliphatic carbocycles. The third kappa shape index (κ3) is 3.17. The minimum absolute atomic E-state index is 0.0236. The van der Waals surface area contributed by atoms with Gasteiger partial charge in [-0.2, -0.15) is 10.5 Å². The number of hydrogen-bond acceptors (Lipinski definition) is 5. The van der Waals surface area contributed by atoms with E-state index in [1.54, 1.807) is 12.1 Å². The lowest BCUT2D eigenvalue weighted by Gasteiger charge is -2.11. The summed E-state index contributed by atoms with van der Waals surface area (Å²) in [6, 6.07) is 12.7. The lowest BCUT2D eigenvalue weighted by atomic mass is 10.1. The summed E-state index contributed by atoms with van der Waals surface area (Å²) >= 11 is 6.02. The SMILES string of the molecule is COc1cc(C#N)cc(Cl)c1OC(=O)c1cccc(C#N)c1. The van der Waals surface area contributed by atoms with Crippen LogP contribution in [0.1, 0.15) is 21.5 Å². The second kappa shape index (κ2) is 6.62. The fourth-order valence-corrected chi connectivity index (χ4v) is 2.00. The predicted molar refractivity (Wildman–Crippen MR) is 78.8 cm³/mol. The van der Waals surface area contributed by atoms with Crippen molar-refractivity contribution in [2.24, 2.45) is 0 Å². The molecule has 0 fully saturated rings. The average Bonchev–Trinajstić information content (AvgIpc) is 2.56. The molecular formula is C16H9ClN2O3. The van der Waals surface area contributed by atoms with Gasteiger partial charge in [0.25, 0.3) is 0 Å². The number of ether oxygens (including phenoxy) is 2. The predicted octanol–water partition coefficient (Wildman–Crippen LogP) is 3.31. The number of carbonyl (C=O) groups excluding carboxylic acids is 1. The number of rotatable bonds is 3. The summed E-state index contributed by atoms with van der Waals surface area (Å²) < 4.78 is 10.3. The Balaban J connectivity index is 2.36. The van der Waals surface area contributed by atoms with Crippen molar-refractivity contribution in [3.63, 3.8) is 0 Å². The Labute approximate surface area is 131 Å². The quantitative estimate of drug-likeness (QED) is 0.641. The molecule has 0 bridgehead atoms. The zero-order valence-electron chi connectivity index (χ0n) is 11.5. The largest absolute Gasteiger partial charge is 0.493 e. The van der Waals surface area contributed by atoms with Gasteiger partial charge in [-0.1, -0.05) is 17.7 Å². The molecule has 0 unspecified atom stereocenters. The zero-order chi connectivity index (χ0) is 16.1. The lowest BCUT2D eigenvalue weighted by molar-refractivity contribution is 0.0730. The first-order chi connectivity index (χ1) is 10.6. The van der Waals surface area contributed by atoms with Gasteiger partial charge in [0.1, 0.15) is 0 Å². The molecule has 0 radical (unpaired) electrons. The van der Waals surface area contributed by atoms with Crippen molar-refractivity contribution in [1.29, 1.82) is 10.5 Å². The first kappa shape index (κ1) is 15.4. The van der Waals surface area contributed by atoms with Crippen LogP contribution in [-0.2, 0) is 0 Å². The first-order valence-corrected chi connectivity index (χ1v) is 6.46. The van der Waals surface area contributed by atoms with Crippen LogP contribution in [0.2, 0.25) is 5.02 Å². The van der Waals surface area contributed by atoms with Crippen molar-refractivity contribution in [1.82, 2.24) is 0 Å². The van der Waals surface area contributed by atoms with Crippen molar-refractivity contribution in [2.75, 3.05) is 7.11 Å². The van der Waals surface area contributed by atoms with E-state index in [0.717, 1.165) is 0 Å². The van der Waals surface area contributed by atoms with Crippen molar-refractivity contribution in [3.8, 4) is 23.6 Å². The summed E-state index contributed by atoms with van der Waals surface area (Å²) in [5.41, 5.74) is 0.835. The second-order valence-corrected chi connectivity index (χ2v) is 4.59. The maximum absolute atomic E-state index is 12.1. The normalized spacial score (nSPS) is 9.45. The summed E-state index contributed by atoms with van der Waals surface area (Å²) in [6.45, 7) is 0. The number of nitriles is 2. The molecular weight excluding hydrogens is 304 g/mol. The van der Waals surface area contributed by atoms with Crippen LogP contribution in [-0.4, -0.2) is 13.1 Å². The van der Waals surface area contributed by atoms with Gasteiger partial charge < -0.3 is 9.47 Å². The summed E-state index contributed by atoms with van der Waals surface area (Å²) in [7, 11) is 1.38. The van der Waals surface area contributed by atoms with Crippen LogP contribution >= 0.6 is 11.6 Å². The van der Waals surface area contributed by atoms with E-state index in [0.29, 0.717) is 5.56 Å². The Bertz CT molecular complexity index is 819. The van der Waals surface area contributed by atoms with Gasteiger partial charge in [-0.3, -0.25) is 0 Å². The number of halogens is 1. The molecule has 108 valence electrons. The standard InChI is InChI=1S/C16H9ClN2O3/c1-21-14-7-11(9-19)6-13(17)15(14)22-16(20)12-4-2-3-10(5-12)8-18/h2-7H,1H3. The Hall–Kier alpha value is -3.02. The molecule has 0 saturated heterocycles. The van der Waals surface area contributed by atoms with Crippen molar-refractivity contribution in [3.05, 3.63) is 58.1 Å². The third-order valence-electron chi connectivity index (χ3n) is 2.78. The van der Waals surface area contributed by atoms with Gasteiger partial charge in [0.15, 0.2) is 11.5 Å². The maximum Gasteiger partial charge on any atom is 0.343 e. The van der Waals surface area contributed by atoms with Gasteiger partial charge in [-0.15, -0.1) is 0 Å². The van der Waals surface area contributed by atoms with Gasteiger partial charge in [-0.05, 0) is 24.3 Å². The van der Waals surface area contributed by atoms with E-state index in [4.69, 9.17) is 31.6 Å². The molecule has 0 heterocycles. The molecule has 0 aromatic heterocycles. The highest BCUT2D eigenvalue weighted by Gasteiger charge is 2.17. The number of methoxy groups -OCH3 is 1. The molecule has 2 aromatic carbocycles. The molecule has 0 saturated carbocycles. The molecule has 2 rings (SSSR count). The molecule has 0 amide bonds. The topological polar surface area (TPSA) is 83.1 Å². The Morgan fingerprint density at radius 2 is 1.86 bits per heavy atom. The Morgan fingerprint density at radius 3 is 2.50 bits per heavy atom. The van der Waals surface area contributed by atoms with Gasteiger partial charge in [0.05, 0.1) is 41.0 Å². The van der Waals surface area contributed by atoms with E-state index >= 15 is 0 Å². The van der Waals surface area contributed by atoms with Crippen LogP contribution < -0.4 is 9.47 Å². The number of benzene rings is 2. The smallest absolute Gasteiger partial charge is 0.343 e. The van der Waals surface area contributed by atoms with Gasteiger partial charge >= 0.3 is 5.97 Å². The van der Waals surface area contributed by atoms with Gasteiger partial charge in [0, 0.05) is 6.07 Å². The van der Waals surface area contributed by atoms with E-state index in [-0.39, 0.29) is 27.6 Å². The van der Waals surface area contributed by atoms with Crippen molar-refractivity contribution >= 4 is 17.6 Å². The number of esters is 1. The molecule has 0 N–H and O–H groups in total. The molecule has 6 heteroatoms. The van der Waals surface area contributed by atoms with E-state index in [2.05, 4.69) is 0 Å². The fourth-order valence-electron chi connectivity index (χ4n) is 1.75. The van der Waals surface area contributed by atoms with E-state index in [9.17, 15) is 4.79 Å². The summed E-state index contributed by atoms with van der Waals surface area (Å²) in [5.74, 6) is -0.480. The Kier molecular flexibility index (Phi) is 4.63.